The Morgan fingerprint density at radius 3 is 2.52 bits per heavy atom. The summed E-state index contributed by atoms with van der Waals surface area (Å²) >= 11 is 0.735. The van der Waals surface area contributed by atoms with Gasteiger partial charge in [-0.05, 0) is 49.4 Å². The molecular formula is C18H19NO7S. The van der Waals surface area contributed by atoms with Crippen molar-refractivity contribution >= 4 is 40.9 Å². The normalized spacial score (nSPS) is 15.2. The molecule has 0 aromatic heterocycles. The Kier molecular flexibility index (Phi) is 7.00. The highest BCUT2D eigenvalue weighted by Gasteiger charge is 2.36. The number of ether oxygens (including phenoxy) is 3. The number of carbonyl (C=O) groups excluding carboxylic acids is 4. The second-order valence-electron chi connectivity index (χ2n) is 5.31. The van der Waals surface area contributed by atoms with Gasteiger partial charge in [0.25, 0.3) is 11.1 Å². The number of rotatable bonds is 7. The Hall–Kier alpha value is -2.81. The smallest absolute Gasteiger partial charge is 0.326 e. The number of esters is 2. The van der Waals surface area contributed by atoms with Crippen molar-refractivity contribution in [2.24, 2.45) is 0 Å². The second kappa shape index (κ2) is 9.22. The fraction of sp³-hybridized carbons (Fsp3) is 0.333. The first-order valence-electron chi connectivity index (χ1n) is 8.22. The van der Waals surface area contributed by atoms with Gasteiger partial charge in [-0.25, -0.2) is 0 Å². The van der Waals surface area contributed by atoms with Crippen molar-refractivity contribution in [3.05, 3.63) is 28.7 Å². The molecule has 0 aliphatic carbocycles. The van der Waals surface area contributed by atoms with Crippen molar-refractivity contribution in [2.45, 2.75) is 20.8 Å². The van der Waals surface area contributed by atoms with E-state index in [1.807, 2.05) is 0 Å². The molecule has 1 aromatic rings. The van der Waals surface area contributed by atoms with Crippen molar-refractivity contribution in [1.82, 2.24) is 4.90 Å². The predicted molar refractivity (Wildman–Crippen MR) is 98.2 cm³/mol. The molecule has 1 fully saturated rings. The van der Waals surface area contributed by atoms with E-state index in [-0.39, 0.29) is 17.3 Å². The molecule has 0 N–H and O–H groups in total. The number of amides is 2. The first kappa shape index (κ1) is 20.5. The molecule has 1 aliphatic heterocycles. The van der Waals surface area contributed by atoms with Gasteiger partial charge in [0, 0.05) is 6.92 Å². The maximum Gasteiger partial charge on any atom is 0.326 e. The number of benzene rings is 1. The van der Waals surface area contributed by atoms with Gasteiger partial charge in [-0.2, -0.15) is 0 Å². The van der Waals surface area contributed by atoms with Gasteiger partial charge in [0.15, 0.2) is 11.5 Å². The van der Waals surface area contributed by atoms with Crippen LogP contribution in [0, 0.1) is 0 Å². The monoisotopic (exact) mass is 393 g/mol. The summed E-state index contributed by atoms with van der Waals surface area (Å²) in [7, 11) is 0. The Labute approximate surface area is 160 Å². The fourth-order valence-electron chi connectivity index (χ4n) is 2.25. The molecule has 9 heteroatoms. The molecule has 0 radical (unpaired) electrons. The van der Waals surface area contributed by atoms with E-state index >= 15 is 0 Å². The molecular weight excluding hydrogens is 374 g/mol. The number of carbonyl (C=O) groups is 4. The summed E-state index contributed by atoms with van der Waals surface area (Å²) in [6, 6.07) is 4.77. The highest BCUT2D eigenvalue weighted by Crippen LogP contribution is 2.34. The van der Waals surface area contributed by atoms with Crippen LogP contribution < -0.4 is 9.47 Å². The average molecular weight is 393 g/mol. The lowest BCUT2D eigenvalue weighted by Gasteiger charge is -2.11. The summed E-state index contributed by atoms with van der Waals surface area (Å²) < 4.78 is 15.3. The highest BCUT2D eigenvalue weighted by molar-refractivity contribution is 8.18. The molecule has 0 unspecified atom stereocenters. The number of hydrogen-bond acceptors (Lipinski definition) is 8. The van der Waals surface area contributed by atoms with Gasteiger partial charge in [-0.3, -0.25) is 24.1 Å². The summed E-state index contributed by atoms with van der Waals surface area (Å²) in [6.07, 6.45) is 1.51. The van der Waals surface area contributed by atoms with Gasteiger partial charge in [-0.15, -0.1) is 0 Å². The Morgan fingerprint density at radius 1 is 1.15 bits per heavy atom. The van der Waals surface area contributed by atoms with Gasteiger partial charge in [0.1, 0.15) is 6.54 Å². The van der Waals surface area contributed by atoms with Gasteiger partial charge >= 0.3 is 11.9 Å². The molecule has 1 heterocycles. The largest absolute Gasteiger partial charge is 0.490 e. The molecule has 1 aliphatic rings. The van der Waals surface area contributed by atoms with Crippen LogP contribution in [0.15, 0.2) is 23.1 Å². The molecule has 1 saturated heterocycles. The minimum absolute atomic E-state index is 0.166. The molecule has 0 bridgehead atoms. The first-order valence-corrected chi connectivity index (χ1v) is 9.03. The maximum absolute atomic E-state index is 12.4. The average Bonchev–Trinajstić information content (AvgIpc) is 2.85. The van der Waals surface area contributed by atoms with E-state index in [2.05, 4.69) is 0 Å². The Morgan fingerprint density at radius 2 is 1.89 bits per heavy atom. The zero-order valence-electron chi connectivity index (χ0n) is 15.1. The van der Waals surface area contributed by atoms with Gasteiger partial charge in [0.05, 0.1) is 18.1 Å². The molecule has 0 saturated carbocycles. The van der Waals surface area contributed by atoms with Gasteiger partial charge in [-0.1, -0.05) is 6.07 Å². The summed E-state index contributed by atoms with van der Waals surface area (Å²) in [4.78, 5) is 48.1. The molecule has 0 spiro atoms. The van der Waals surface area contributed by atoms with Crippen LogP contribution in [0.4, 0.5) is 4.79 Å². The zero-order valence-corrected chi connectivity index (χ0v) is 16.0. The summed E-state index contributed by atoms with van der Waals surface area (Å²) in [5.41, 5.74) is 0.580. The third-order valence-electron chi connectivity index (χ3n) is 3.29. The van der Waals surface area contributed by atoms with Gasteiger partial charge in [0.2, 0.25) is 0 Å². The molecule has 144 valence electrons. The molecule has 8 nitrogen and oxygen atoms in total. The molecule has 2 rings (SSSR count). The summed E-state index contributed by atoms with van der Waals surface area (Å²) in [5.74, 6) is -1.10. The quantitative estimate of drug-likeness (QED) is 0.396. The number of nitrogens with zero attached hydrogens (tertiary/aromatic N) is 1. The van der Waals surface area contributed by atoms with Crippen molar-refractivity contribution in [1.29, 1.82) is 0 Å². The van der Waals surface area contributed by atoms with Crippen molar-refractivity contribution in [3.8, 4) is 11.5 Å². The minimum Gasteiger partial charge on any atom is -0.490 e. The van der Waals surface area contributed by atoms with E-state index in [9.17, 15) is 19.2 Å². The van der Waals surface area contributed by atoms with Crippen molar-refractivity contribution < 1.29 is 33.4 Å². The number of thioether (sulfide) groups is 1. The molecule has 0 atom stereocenters. The lowest BCUT2D eigenvalue weighted by atomic mass is 10.2. The van der Waals surface area contributed by atoms with E-state index in [0.717, 1.165) is 16.7 Å². The van der Waals surface area contributed by atoms with Crippen LogP contribution in [-0.2, 0) is 19.1 Å². The molecule has 27 heavy (non-hydrogen) atoms. The van der Waals surface area contributed by atoms with Crippen LogP contribution in [0.3, 0.4) is 0 Å². The van der Waals surface area contributed by atoms with Crippen LogP contribution in [-0.4, -0.2) is 47.7 Å². The first-order chi connectivity index (χ1) is 12.8. The third kappa shape index (κ3) is 5.33. The van der Waals surface area contributed by atoms with Crippen LogP contribution in [0.25, 0.3) is 6.08 Å². The fourth-order valence-corrected chi connectivity index (χ4v) is 3.08. The van der Waals surface area contributed by atoms with Crippen molar-refractivity contribution in [3.63, 3.8) is 0 Å². The number of imide groups is 1. The maximum atomic E-state index is 12.4. The minimum atomic E-state index is -0.648. The topological polar surface area (TPSA) is 99.2 Å². The lowest BCUT2D eigenvalue weighted by Crippen LogP contribution is -2.34. The standard InChI is InChI=1S/C18H19NO7S/c1-4-24-14-8-12(6-7-13(14)26-11(3)20)9-15-17(22)19(18(23)27-15)10-16(21)25-5-2/h6-9H,4-5,10H2,1-3H3/b15-9-. The lowest BCUT2D eigenvalue weighted by molar-refractivity contribution is -0.146. The summed E-state index contributed by atoms with van der Waals surface area (Å²) in [5, 5.41) is -0.541. The van der Waals surface area contributed by atoms with Crippen LogP contribution in [0.2, 0.25) is 0 Å². The second-order valence-corrected chi connectivity index (χ2v) is 6.30. The number of hydrogen-bond donors (Lipinski definition) is 0. The Balaban J connectivity index is 2.23. The van der Waals surface area contributed by atoms with Gasteiger partial charge < -0.3 is 14.2 Å². The van der Waals surface area contributed by atoms with Crippen LogP contribution in [0.1, 0.15) is 26.3 Å². The molecule has 2 amide bonds. The highest BCUT2D eigenvalue weighted by atomic mass is 32.2. The van der Waals surface area contributed by atoms with E-state index in [1.165, 1.54) is 13.0 Å². The van der Waals surface area contributed by atoms with E-state index < -0.39 is 29.6 Å². The van der Waals surface area contributed by atoms with E-state index in [1.54, 1.807) is 32.0 Å². The van der Waals surface area contributed by atoms with Crippen LogP contribution in [0.5, 0.6) is 11.5 Å². The SMILES string of the molecule is CCOC(=O)CN1C(=O)S/C(=C\c2ccc(OC(C)=O)c(OCC)c2)C1=O. The van der Waals surface area contributed by atoms with E-state index in [0.29, 0.717) is 17.9 Å². The predicted octanol–water partition coefficient (Wildman–Crippen LogP) is 2.61. The van der Waals surface area contributed by atoms with E-state index in [4.69, 9.17) is 14.2 Å². The molecule has 1 aromatic carbocycles. The van der Waals surface area contributed by atoms with Crippen LogP contribution >= 0.6 is 11.8 Å². The third-order valence-corrected chi connectivity index (χ3v) is 4.19. The Bertz CT molecular complexity index is 803. The zero-order chi connectivity index (χ0) is 20.0. The van der Waals surface area contributed by atoms with Crippen molar-refractivity contribution in [2.75, 3.05) is 19.8 Å². The summed E-state index contributed by atoms with van der Waals surface area (Å²) in [6.45, 7) is 4.80.